The molecule has 0 aliphatic carbocycles. The molecule has 5 aromatic rings. The van der Waals surface area contributed by atoms with Gasteiger partial charge in [-0.15, -0.1) is 21.5 Å². The molecule has 1 atom stereocenters. The number of nitrogens with one attached hydrogen (secondary N) is 1. The molecular weight excluding hydrogens is 542 g/mol. The lowest BCUT2D eigenvalue weighted by molar-refractivity contribution is -0.113. The smallest absolute Gasteiger partial charge is 0.263 e. The molecule has 1 amide bonds. The van der Waals surface area contributed by atoms with E-state index in [1.54, 1.807) is 15.9 Å². The molecule has 1 aliphatic heterocycles. The number of aromatic nitrogens is 4. The molecule has 0 spiro atoms. The number of rotatable bonds is 8. The van der Waals surface area contributed by atoms with Gasteiger partial charge in [0.2, 0.25) is 11.7 Å². The van der Waals surface area contributed by atoms with Gasteiger partial charge in [-0.1, -0.05) is 73.6 Å². The van der Waals surface area contributed by atoms with Crippen molar-refractivity contribution in [2.24, 2.45) is 5.92 Å². The molecule has 206 valence electrons. The number of hydrogen-bond acceptors (Lipinski definition) is 7. The van der Waals surface area contributed by atoms with Crippen molar-refractivity contribution in [1.29, 1.82) is 0 Å². The molecule has 4 heterocycles. The Kier molecular flexibility index (Phi) is 7.48. The van der Waals surface area contributed by atoms with Crippen LogP contribution in [0.15, 0.2) is 64.5 Å². The van der Waals surface area contributed by atoms with Crippen LogP contribution in [0.2, 0.25) is 0 Å². The Bertz CT molecular complexity index is 1740. The monoisotopic (exact) mass is 573 g/mol. The lowest BCUT2D eigenvalue weighted by atomic mass is 9.96. The zero-order chi connectivity index (χ0) is 27.8. The van der Waals surface area contributed by atoms with E-state index in [0.717, 1.165) is 37.5 Å². The second-order valence-corrected chi connectivity index (χ2v) is 12.5. The highest BCUT2D eigenvalue weighted by Gasteiger charge is 2.30. The first-order valence-corrected chi connectivity index (χ1v) is 15.3. The predicted molar refractivity (Wildman–Crippen MR) is 160 cm³/mol. The molecule has 1 N–H and O–H groups in total. The number of carbonyl (C=O) groups is 1. The van der Waals surface area contributed by atoms with E-state index in [9.17, 15) is 9.59 Å². The summed E-state index contributed by atoms with van der Waals surface area (Å²) in [5.41, 5.74) is 4.07. The normalized spacial score (nSPS) is 15.2. The minimum absolute atomic E-state index is 0.0404. The van der Waals surface area contributed by atoms with E-state index < -0.39 is 0 Å². The van der Waals surface area contributed by atoms with Crippen LogP contribution in [0.1, 0.15) is 35.4 Å². The SMILES string of the molecule is Cc1ccc(NC(=O)CSc2nnc3n(CCc4ccccc4)c(=O)c4c5c(sc4n23)CO[C@H](C(C)C)C5)cc1. The van der Waals surface area contributed by atoms with Crippen molar-refractivity contribution in [2.75, 3.05) is 11.1 Å². The Balaban J connectivity index is 1.38. The van der Waals surface area contributed by atoms with Crippen LogP contribution in [0.4, 0.5) is 5.69 Å². The second kappa shape index (κ2) is 11.2. The Morgan fingerprint density at radius 2 is 1.93 bits per heavy atom. The molecular formula is C30H31N5O3S2. The Morgan fingerprint density at radius 3 is 2.67 bits per heavy atom. The highest BCUT2D eigenvalue weighted by molar-refractivity contribution is 7.99. The fraction of sp³-hybridized carbons (Fsp3) is 0.333. The van der Waals surface area contributed by atoms with Crippen LogP contribution < -0.4 is 10.9 Å². The van der Waals surface area contributed by atoms with Crippen molar-refractivity contribution in [3.05, 3.63) is 86.5 Å². The summed E-state index contributed by atoms with van der Waals surface area (Å²) in [4.78, 5) is 28.7. The molecule has 10 heteroatoms. The first-order valence-electron chi connectivity index (χ1n) is 13.5. The van der Waals surface area contributed by atoms with Gasteiger partial charge in [-0.3, -0.25) is 14.2 Å². The topological polar surface area (TPSA) is 90.5 Å². The first-order chi connectivity index (χ1) is 19.4. The maximum atomic E-state index is 14.1. The van der Waals surface area contributed by atoms with E-state index in [1.807, 2.05) is 53.8 Å². The molecule has 0 fully saturated rings. The summed E-state index contributed by atoms with van der Waals surface area (Å²) in [5.74, 6) is 0.885. The Labute approximate surface area is 240 Å². The van der Waals surface area contributed by atoms with Crippen LogP contribution in [-0.4, -0.2) is 36.9 Å². The molecule has 0 saturated carbocycles. The third-order valence-corrected chi connectivity index (χ3v) is 9.42. The summed E-state index contributed by atoms with van der Waals surface area (Å²) in [5, 5.41) is 13.2. The molecule has 1 aliphatic rings. The standard InChI is InChI=1S/C30H31N5O3S2/c1-18(2)23-15-22-24(16-38-23)40-28-26(22)27(37)34(14-13-20-7-5-4-6-8-20)29-32-33-30(35(28)29)39-17-25(36)31-21-11-9-19(3)10-12-21/h4-12,18,23H,13-17H2,1-3H3,(H,31,36)/t23-/m0/s1. The Morgan fingerprint density at radius 1 is 1.15 bits per heavy atom. The van der Waals surface area contributed by atoms with Gasteiger partial charge in [0, 0.05) is 23.5 Å². The molecule has 8 nitrogen and oxygen atoms in total. The maximum absolute atomic E-state index is 14.1. The zero-order valence-corrected chi connectivity index (χ0v) is 24.3. The third kappa shape index (κ3) is 5.18. The zero-order valence-electron chi connectivity index (χ0n) is 22.7. The summed E-state index contributed by atoms with van der Waals surface area (Å²) in [6.45, 7) is 7.28. The largest absolute Gasteiger partial charge is 0.372 e. The Hall–Kier alpha value is -3.47. The quantitative estimate of drug-likeness (QED) is 0.247. The number of ether oxygens (including phenoxy) is 1. The number of fused-ring (bicyclic) bond motifs is 5. The van der Waals surface area contributed by atoms with Crippen LogP contribution >= 0.6 is 23.1 Å². The fourth-order valence-corrected chi connectivity index (χ4v) is 7.10. The maximum Gasteiger partial charge on any atom is 0.263 e. The van der Waals surface area contributed by atoms with E-state index in [0.29, 0.717) is 42.8 Å². The van der Waals surface area contributed by atoms with Crippen molar-refractivity contribution in [2.45, 2.75) is 58.0 Å². The number of anilines is 1. The molecule has 3 aromatic heterocycles. The summed E-state index contributed by atoms with van der Waals surface area (Å²) < 4.78 is 9.84. The van der Waals surface area contributed by atoms with Crippen LogP contribution in [0.25, 0.3) is 16.0 Å². The first kappa shape index (κ1) is 26.7. The van der Waals surface area contributed by atoms with Gasteiger partial charge in [-0.25, -0.2) is 4.40 Å². The predicted octanol–water partition coefficient (Wildman–Crippen LogP) is 5.48. The average molecular weight is 574 g/mol. The van der Waals surface area contributed by atoms with Gasteiger partial charge in [0.25, 0.3) is 5.56 Å². The van der Waals surface area contributed by atoms with Gasteiger partial charge < -0.3 is 10.1 Å². The molecule has 6 rings (SSSR count). The summed E-state index contributed by atoms with van der Waals surface area (Å²) in [7, 11) is 0. The fourth-order valence-electron chi connectivity index (χ4n) is 5.06. The van der Waals surface area contributed by atoms with Gasteiger partial charge in [-0.2, -0.15) is 0 Å². The van der Waals surface area contributed by atoms with Gasteiger partial charge in [0.15, 0.2) is 5.16 Å². The molecule has 0 saturated heterocycles. The number of amides is 1. The lowest BCUT2D eigenvalue weighted by Crippen LogP contribution is -2.29. The number of thioether (sulfide) groups is 1. The minimum Gasteiger partial charge on any atom is -0.372 e. The molecule has 0 unspecified atom stereocenters. The summed E-state index contributed by atoms with van der Waals surface area (Å²) >= 11 is 2.89. The number of aryl methyl sites for hydroxylation is 3. The third-order valence-electron chi connectivity index (χ3n) is 7.30. The van der Waals surface area contributed by atoms with Crippen molar-refractivity contribution < 1.29 is 9.53 Å². The van der Waals surface area contributed by atoms with Crippen LogP contribution in [0.5, 0.6) is 0 Å². The van der Waals surface area contributed by atoms with E-state index in [4.69, 9.17) is 4.74 Å². The van der Waals surface area contributed by atoms with E-state index >= 15 is 0 Å². The van der Waals surface area contributed by atoms with E-state index in [2.05, 4.69) is 41.5 Å². The molecule has 40 heavy (non-hydrogen) atoms. The molecule has 2 aromatic carbocycles. The van der Waals surface area contributed by atoms with Crippen LogP contribution in [-0.2, 0) is 35.5 Å². The van der Waals surface area contributed by atoms with E-state index in [1.165, 1.54) is 11.8 Å². The molecule has 0 bridgehead atoms. The number of carbonyl (C=O) groups excluding carboxylic acids is 1. The highest BCUT2D eigenvalue weighted by atomic mass is 32.2. The number of nitrogens with zero attached hydrogens (tertiary/aromatic N) is 4. The van der Waals surface area contributed by atoms with Gasteiger partial charge in [-0.05, 0) is 42.5 Å². The van der Waals surface area contributed by atoms with Gasteiger partial charge >= 0.3 is 0 Å². The van der Waals surface area contributed by atoms with Crippen molar-refractivity contribution >= 4 is 50.7 Å². The van der Waals surface area contributed by atoms with Gasteiger partial charge in [0.05, 0.1) is 23.8 Å². The number of benzene rings is 2. The van der Waals surface area contributed by atoms with Crippen LogP contribution in [0, 0.1) is 12.8 Å². The average Bonchev–Trinajstić information content (AvgIpc) is 3.55. The van der Waals surface area contributed by atoms with Crippen molar-refractivity contribution in [1.82, 2.24) is 19.2 Å². The second-order valence-electron chi connectivity index (χ2n) is 10.5. The minimum atomic E-state index is -0.127. The summed E-state index contributed by atoms with van der Waals surface area (Å²) in [6.07, 6.45) is 1.47. The van der Waals surface area contributed by atoms with Crippen molar-refractivity contribution in [3.63, 3.8) is 0 Å². The highest BCUT2D eigenvalue weighted by Crippen LogP contribution is 2.37. The van der Waals surface area contributed by atoms with E-state index in [-0.39, 0.29) is 23.3 Å². The number of hydrogen-bond donors (Lipinski definition) is 1. The van der Waals surface area contributed by atoms with Gasteiger partial charge in [0.1, 0.15) is 4.83 Å². The summed E-state index contributed by atoms with van der Waals surface area (Å²) in [6, 6.07) is 17.8. The molecule has 0 radical (unpaired) electrons. The number of thiophene rings is 1. The van der Waals surface area contributed by atoms with Crippen molar-refractivity contribution in [3.8, 4) is 0 Å². The lowest BCUT2D eigenvalue weighted by Gasteiger charge is -2.26. The van der Waals surface area contributed by atoms with Crippen LogP contribution in [0.3, 0.4) is 0 Å².